The standard InChI is InChI=1S/C28H34O3S/c1-26-13-12-22-21-10-9-19(31-2)16-18(21)8-11-23(22)27(26)14-15-28(26,30)24(17-29)25(27)32-20-6-4-3-5-7-20/h3-7,9-10,16,22-25,29-30H,8,11-15,17H2,1-2H3/t22-,23-,24+,25+,26+,27-,28+/m1/s1. The van der Waals surface area contributed by atoms with Crippen molar-refractivity contribution in [3.8, 4) is 5.75 Å². The van der Waals surface area contributed by atoms with Crippen LogP contribution in [-0.4, -0.2) is 34.8 Å². The third kappa shape index (κ3) is 2.47. The average Bonchev–Trinajstić information content (AvgIpc) is 3.15. The fourth-order valence-electron chi connectivity index (χ4n) is 8.78. The van der Waals surface area contributed by atoms with Gasteiger partial charge in [0.1, 0.15) is 5.75 Å². The molecule has 170 valence electrons. The highest BCUT2D eigenvalue weighted by atomic mass is 32.2. The van der Waals surface area contributed by atoms with Crippen molar-refractivity contribution < 1.29 is 14.9 Å². The van der Waals surface area contributed by atoms with E-state index in [4.69, 9.17) is 4.74 Å². The summed E-state index contributed by atoms with van der Waals surface area (Å²) in [6.07, 6.45) is 6.33. The van der Waals surface area contributed by atoms with E-state index in [1.807, 2.05) is 11.8 Å². The van der Waals surface area contributed by atoms with Crippen molar-refractivity contribution in [2.45, 2.75) is 67.1 Å². The van der Waals surface area contributed by atoms with Gasteiger partial charge in [0.05, 0.1) is 12.7 Å². The van der Waals surface area contributed by atoms with Crippen molar-refractivity contribution in [2.24, 2.45) is 22.7 Å². The van der Waals surface area contributed by atoms with Crippen LogP contribution in [0.5, 0.6) is 5.75 Å². The first-order valence-corrected chi connectivity index (χ1v) is 13.1. The number of thioether (sulfide) groups is 1. The SMILES string of the molecule is COc1ccc2c(c1)CC[C@@H]1[C@@H]2CC[C@@]2(C)[C@]13CC[C@]2(O)[C@@H](CO)[C@@H]3Sc1ccccc1. The van der Waals surface area contributed by atoms with Crippen LogP contribution >= 0.6 is 11.8 Å². The molecule has 0 aromatic heterocycles. The molecule has 2 N–H and O–H groups in total. The molecule has 2 aromatic rings. The van der Waals surface area contributed by atoms with Gasteiger partial charge in [-0.05, 0) is 91.2 Å². The van der Waals surface area contributed by atoms with E-state index in [2.05, 4.69) is 55.5 Å². The predicted molar refractivity (Wildman–Crippen MR) is 128 cm³/mol. The highest BCUT2D eigenvalue weighted by molar-refractivity contribution is 8.00. The Hall–Kier alpha value is -1.49. The zero-order valence-electron chi connectivity index (χ0n) is 19.1. The number of ether oxygens (including phenoxy) is 1. The third-order valence-corrected chi connectivity index (χ3v) is 11.7. The molecule has 6 rings (SSSR count). The molecule has 2 aromatic carbocycles. The smallest absolute Gasteiger partial charge is 0.119 e. The first-order chi connectivity index (χ1) is 15.5. The molecule has 3 nitrogen and oxygen atoms in total. The van der Waals surface area contributed by atoms with Crippen molar-refractivity contribution in [3.63, 3.8) is 0 Å². The van der Waals surface area contributed by atoms with E-state index in [-0.39, 0.29) is 28.6 Å². The molecule has 4 aliphatic carbocycles. The number of aliphatic hydroxyl groups is 2. The number of hydrogen-bond donors (Lipinski definition) is 2. The lowest BCUT2D eigenvalue weighted by Gasteiger charge is -2.58. The fourth-order valence-corrected chi connectivity index (χ4v) is 10.6. The summed E-state index contributed by atoms with van der Waals surface area (Å²) in [6.45, 7) is 2.44. The van der Waals surface area contributed by atoms with Gasteiger partial charge in [0.25, 0.3) is 0 Å². The van der Waals surface area contributed by atoms with Gasteiger partial charge in [-0.25, -0.2) is 0 Å². The molecule has 2 bridgehead atoms. The second-order valence-electron chi connectivity index (χ2n) is 10.8. The van der Waals surface area contributed by atoms with E-state index < -0.39 is 5.60 Å². The van der Waals surface area contributed by atoms with Crippen molar-refractivity contribution in [3.05, 3.63) is 59.7 Å². The van der Waals surface area contributed by atoms with Gasteiger partial charge in [-0.2, -0.15) is 0 Å². The molecular formula is C28H34O3S. The minimum absolute atomic E-state index is 0.0518. The van der Waals surface area contributed by atoms with E-state index in [0.717, 1.165) is 37.9 Å². The first-order valence-electron chi connectivity index (χ1n) is 12.2. The number of aryl methyl sites for hydroxylation is 1. The molecule has 4 aliphatic rings. The van der Waals surface area contributed by atoms with Crippen LogP contribution in [0, 0.1) is 22.7 Å². The second-order valence-corrected chi connectivity index (χ2v) is 12.0. The van der Waals surface area contributed by atoms with E-state index in [0.29, 0.717) is 11.8 Å². The summed E-state index contributed by atoms with van der Waals surface area (Å²) in [6, 6.07) is 17.3. The Morgan fingerprint density at radius 2 is 1.88 bits per heavy atom. The van der Waals surface area contributed by atoms with Crippen LogP contribution in [0.2, 0.25) is 0 Å². The number of fused-ring (bicyclic) bond motifs is 3. The Bertz CT molecular complexity index is 1020. The summed E-state index contributed by atoms with van der Waals surface area (Å²) >= 11 is 1.92. The molecule has 0 spiro atoms. The molecule has 3 saturated carbocycles. The van der Waals surface area contributed by atoms with Crippen LogP contribution in [0.4, 0.5) is 0 Å². The van der Waals surface area contributed by atoms with Crippen molar-refractivity contribution in [1.29, 1.82) is 0 Å². The lowest BCUT2D eigenvalue weighted by molar-refractivity contribution is -0.117. The third-order valence-electron chi connectivity index (χ3n) is 10.2. The normalized spacial score (nSPS) is 41.6. The monoisotopic (exact) mass is 450 g/mol. The maximum atomic E-state index is 12.2. The van der Waals surface area contributed by atoms with E-state index in [9.17, 15) is 10.2 Å². The molecular weight excluding hydrogens is 416 g/mol. The summed E-state index contributed by atoms with van der Waals surface area (Å²) in [4.78, 5) is 1.26. The van der Waals surface area contributed by atoms with E-state index in [1.54, 1.807) is 7.11 Å². The van der Waals surface area contributed by atoms with Gasteiger partial charge in [0.2, 0.25) is 0 Å². The second kappa shape index (κ2) is 7.25. The molecule has 0 radical (unpaired) electrons. The maximum absolute atomic E-state index is 12.2. The zero-order chi connectivity index (χ0) is 22.1. The van der Waals surface area contributed by atoms with Crippen LogP contribution in [0.3, 0.4) is 0 Å². The minimum atomic E-state index is -0.765. The number of benzene rings is 2. The van der Waals surface area contributed by atoms with Crippen molar-refractivity contribution in [1.82, 2.24) is 0 Å². The first kappa shape index (κ1) is 21.1. The van der Waals surface area contributed by atoms with Crippen LogP contribution in [0.25, 0.3) is 0 Å². The number of rotatable bonds is 4. The molecule has 0 amide bonds. The molecule has 32 heavy (non-hydrogen) atoms. The zero-order valence-corrected chi connectivity index (χ0v) is 19.9. The van der Waals surface area contributed by atoms with Gasteiger partial charge in [-0.3, -0.25) is 0 Å². The molecule has 0 heterocycles. The Morgan fingerprint density at radius 1 is 1.06 bits per heavy atom. The summed E-state index contributed by atoms with van der Waals surface area (Å²) in [5.74, 6) is 1.97. The Balaban J connectivity index is 1.47. The molecule has 7 atom stereocenters. The van der Waals surface area contributed by atoms with E-state index in [1.165, 1.54) is 22.4 Å². The topological polar surface area (TPSA) is 49.7 Å². The lowest BCUT2D eigenvalue weighted by Crippen LogP contribution is -2.54. The summed E-state index contributed by atoms with van der Waals surface area (Å²) < 4.78 is 5.51. The van der Waals surface area contributed by atoms with Gasteiger partial charge in [0.15, 0.2) is 0 Å². The fraction of sp³-hybridized carbons (Fsp3) is 0.571. The molecule has 4 heteroatoms. The van der Waals surface area contributed by atoms with Gasteiger partial charge in [-0.1, -0.05) is 31.2 Å². The van der Waals surface area contributed by atoms with Crippen molar-refractivity contribution in [2.75, 3.05) is 13.7 Å². The summed E-state index contributed by atoms with van der Waals surface area (Å²) in [5, 5.41) is 23.0. The van der Waals surface area contributed by atoms with Crippen molar-refractivity contribution >= 4 is 11.8 Å². The largest absolute Gasteiger partial charge is 0.497 e. The van der Waals surface area contributed by atoms with Gasteiger partial charge < -0.3 is 14.9 Å². The highest BCUT2D eigenvalue weighted by Gasteiger charge is 2.80. The maximum Gasteiger partial charge on any atom is 0.119 e. The Kier molecular flexibility index (Phi) is 4.78. The Morgan fingerprint density at radius 3 is 2.62 bits per heavy atom. The molecule has 0 saturated heterocycles. The number of aliphatic hydroxyl groups excluding tert-OH is 1. The predicted octanol–water partition coefficient (Wildman–Crippen LogP) is 5.44. The highest BCUT2D eigenvalue weighted by Crippen LogP contribution is 2.81. The van der Waals surface area contributed by atoms with Crippen LogP contribution in [-0.2, 0) is 6.42 Å². The number of methoxy groups -OCH3 is 1. The van der Waals surface area contributed by atoms with Gasteiger partial charge >= 0.3 is 0 Å². The van der Waals surface area contributed by atoms with E-state index >= 15 is 0 Å². The summed E-state index contributed by atoms with van der Waals surface area (Å²) in [7, 11) is 1.75. The molecule has 3 fully saturated rings. The molecule has 0 aliphatic heterocycles. The van der Waals surface area contributed by atoms with Gasteiger partial charge in [-0.15, -0.1) is 11.8 Å². The minimum Gasteiger partial charge on any atom is -0.497 e. The van der Waals surface area contributed by atoms with Crippen LogP contribution in [0.15, 0.2) is 53.4 Å². The lowest BCUT2D eigenvalue weighted by atomic mass is 9.48. The summed E-state index contributed by atoms with van der Waals surface area (Å²) in [5.41, 5.74) is 2.10. The average molecular weight is 451 g/mol. The number of hydrogen-bond acceptors (Lipinski definition) is 4. The molecule has 0 unspecified atom stereocenters. The van der Waals surface area contributed by atoms with Crippen LogP contribution < -0.4 is 4.74 Å². The van der Waals surface area contributed by atoms with Crippen LogP contribution in [0.1, 0.15) is 56.1 Å². The quantitative estimate of drug-likeness (QED) is 0.652. The Labute approximate surface area is 195 Å². The van der Waals surface area contributed by atoms with Gasteiger partial charge in [0, 0.05) is 28.1 Å².